The Labute approximate surface area is 186 Å². The molecule has 1 aromatic heterocycles. The lowest BCUT2D eigenvalue weighted by molar-refractivity contribution is 0.102. The zero-order chi connectivity index (χ0) is 21.8. The molecule has 1 heterocycles. The molecule has 0 unspecified atom stereocenters. The van der Waals surface area contributed by atoms with Gasteiger partial charge in [0.25, 0.3) is 0 Å². The molecule has 0 aliphatic rings. The van der Waals surface area contributed by atoms with E-state index in [1.54, 1.807) is 31.4 Å². The van der Waals surface area contributed by atoms with Crippen molar-refractivity contribution in [3.05, 3.63) is 89.5 Å². The van der Waals surface area contributed by atoms with Gasteiger partial charge in [0.15, 0.2) is 16.8 Å². The van der Waals surface area contributed by atoms with Crippen LogP contribution >= 0.6 is 11.8 Å². The van der Waals surface area contributed by atoms with Crippen molar-refractivity contribution in [1.82, 2.24) is 14.8 Å². The smallest absolute Gasteiger partial charge is 0.196 e. The van der Waals surface area contributed by atoms with Crippen LogP contribution < -0.4 is 4.74 Å². The Kier molecular flexibility index (Phi) is 6.18. The summed E-state index contributed by atoms with van der Waals surface area (Å²) in [4.78, 5) is 12.7. The number of ketones is 1. The average Bonchev–Trinajstić information content (AvgIpc) is 3.22. The number of ether oxygens (including phenoxy) is 1. The minimum Gasteiger partial charge on any atom is -0.497 e. The SMILES string of the molecule is COc1ccc(C(=O)CSc2nnc(-c3ccc(C)cc3)n2-c2ccc(C)cc2)cc1. The highest BCUT2D eigenvalue weighted by molar-refractivity contribution is 7.99. The van der Waals surface area contributed by atoms with Gasteiger partial charge in [0, 0.05) is 16.8 Å². The van der Waals surface area contributed by atoms with E-state index in [2.05, 4.69) is 48.3 Å². The van der Waals surface area contributed by atoms with Crippen molar-refractivity contribution >= 4 is 17.5 Å². The summed E-state index contributed by atoms with van der Waals surface area (Å²) in [6, 6.07) is 23.6. The monoisotopic (exact) mass is 429 g/mol. The average molecular weight is 430 g/mol. The number of carbonyl (C=O) groups excluding carboxylic acids is 1. The molecule has 156 valence electrons. The molecule has 0 N–H and O–H groups in total. The molecular weight excluding hydrogens is 406 g/mol. The molecule has 0 fully saturated rings. The fourth-order valence-electron chi connectivity index (χ4n) is 3.17. The maximum atomic E-state index is 12.7. The largest absolute Gasteiger partial charge is 0.497 e. The number of hydrogen-bond acceptors (Lipinski definition) is 5. The lowest BCUT2D eigenvalue weighted by Crippen LogP contribution is -2.05. The molecule has 0 aliphatic carbocycles. The number of carbonyl (C=O) groups is 1. The number of hydrogen-bond donors (Lipinski definition) is 0. The van der Waals surface area contributed by atoms with E-state index in [9.17, 15) is 4.79 Å². The third-order valence-corrected chi connectivity index (χ3v) is 5.91. The van der Waals surface area contributed by atoms with Crippen molar-refractivity contribution in [2.45, 2.75) is 19.0 Å². The van der Waals surface area contributed by atoms with E-state index in [-0.39, 0.29) is 11.5 Å². The van der Waals surface area contributed by atoms with Gasteiger partial charge >= 0.3 is 0 Å². The van der Waals surface area contributed by atoms with Crippen LogP contribution in [0.1, 0.15) is 21.5 Å². The first-order valence-corrected chi connectivity index (χ1v) is 10.9. The van der Waals surface area contributed by atoms with Gasteiger partial charge < -0.3 is 4.74 Å². The summed E-state index contributed by atoms with van der Waals surface area (Å²) in [6.07, 6.45) is 0. The zero-order valence-electron chi connectivity index (χ0n) is 17.7. The lowest BCUT2D eigenvalue weighted by Gasteiger charge is -2.11. The number of nitrogens with zero attached hydrogens (tertiary/aromatic N) is 3. The maximum absolute atomic E-state index is 12.7. The Balaban J connectivity index is 1.64. The van der Waals surface area contributed by atoms with Gasteiger partial charge in [-0.25, -0.2) is 0 Å². The van der Waals surface area contributed by atoms with Crippen LogP contribution in [0.25, 0.3) is 17.1 Å². The molecule has 0 amide bonds. The molecule has 5 nitrogen and oxygen atoms in total. The number of rotatable bonds is 7. The highest BCUT2D eigenvalue weighted by Gasteiger charge is 2.18. The number of aryl methyl sites for hydroxylation is 2. The summed E-state index contributed by atoms with van der Waals surface area (Å²) in [5.41, 5.74) is 4.95. The van der Waals surface area contributed by atoms with Gasteiger partial charge in [-0.05, 0) is 50.2 Å². The number of aromatic nitrogens is 3. The third kappa shape index (κ3) is 4.70. The molecule has 0 atom stereocenters. The van der Waals surface area contributed by atoms with Gasteiger partial charge in [-0.15, -0.1) is 10.2 Å². The number of Topliss-reactive ketones (excluding diaryl/α,β-unsaturated/α-hetero) is 1. The van der Waals surface area contributed by atoms with Crippen LogP contribution in [0.3, 0.4) is 0 Å². The van der Waals surface area contributed by atoms with Gasteiger partial charge in [0.05, 0.1) is 12.9 Å². The molecule has 4 rings (SSSR count). The number of methoxy groups -OCH3 is 1. The second-order valence-electron chi connectivity index (χ2n) is 7.28. The standard InChI is InChI=1S/C25H23N3O2S/c1-17-4-8-20(9-5-17)24-26-27-25(28(24)21-12-6-18(2)7-13-21)31-16-23(29)19-10-14-22(30-3)15-11-19/h4-15H,16H2,1-3H3. The Morgan fingerprint density at radius 3 is 2.10 bits per heavy atom. The van der Waals surface area contributed by atoms with Crippen molar-refractivity contribution in [1.29, 1.82) is 0 Å². The summed E-state index contributed by atoms with van der Waals surface area (Å²) >= 11 is 1.39. The van der Waals surface area contributed by atoms with Crippen molar-refractivity contribution in [3.8, 4) is 22.8 Å². The van der Waals surface area contributed by atoms with Crippen LogP contribution in [0.4, 0.5) is 0 Å². The summed E-state index contributed by atoms with van der Waals surface area (Å²) in [5, 5.41) is 9.54. The summed E-state index contributed by atoms with van der Waals surface area (Å²) in [7, 11) is 1.61. The minimum atomic E-state index is 0.0306. The molecule has 31 heavy (non-hydrogen) atoms. The first-order valence-electron chi connectivity index (χ1n) is 9.94. The van der Waals surface area contributed by atoms with E-state index >= 15 is 0 Å². The van der Waals surface area contributed by atoms with E-state index in [0.29, 0.717) is 10.7 Å². The molecule has 3 aromatic carbocycles. The van der Waals surface area contributed by atoms with Crippen LogP contribution in [-0.4, -0.2) is 33.4 Å². The van der Waals surface area contributed by atoms with Crippen LogP contribution in [0.5, 0.6) is 5.75 Å². The lowest BCUT2D eigenvalue weighted by atomic mass is 10.1. The second kappa shape index (κ2) is 9.18. The van der Waals surface area contributed by atoms with E-state index in [1.165, 1.54) is 22.9 Å². The van der Waals surface area contributed by atoms with Gasteiger partial charge in [-0.1, -0.05) is 59.3 Å². The van der Waals surface area contributed by atoms with Gasteiger partial charge in [0.2, 0.25) is 0 Å². The van der Waals surface area contributed by atoms with E-state index < -0.39 is 0 Å². The van der Waals surface area contributed by atoms with Crippen LogP contribution in [0.2, 0.25) is 0 Å². The zero-order valence-corrected chi connectivity index (χ0v) is 18.5. The Hall–Kier alpha value is -3.38. The van der Waals surface area contributed by atoms with E-state index in [4.69, 9.17) is 4.74 Å². The van der Waals surface area contributed by atoms with Crippen LogP contribution in [0.15, 0.2) is 78.0 Å². The molecule has 0 spiro atoms. The van der Waals surface area contributed by atoms with Gasteiger partial charge in [0.1, 0.15) is 5.75 Å². The van der Waals surface area contributed by atoms with Gasteiger partial charge in [-0.2, -0.15) is 0 Å². The van der Waals surface area contributed by atoms with Crippen LogP contribution in [-0.2, 0) is 0 Å². The summed E-state index contributed by atoms with van der Waals surface area (Å²) < 4.78 is 7.18. The molecule has 4 aromatic rings. The predicted octanol–water partition coefficient (Wildman–Crippen LogP) is 5.53. The number of thioether (sulfide) groups is 1. The quantitative estimate of drug-likeness (QED) is 0.285. The number of benzene rings is 3. The molecular formula is C25H23N3O2S. The van der Waals surface area contributed by atoms with E-state index in [0.717, 1.165) is 22.8 Å². The van der Waals surface area contributed by atoms with Crippen molar-refractivity contribution < 1.29 is 9.53 Å². The molecule has 0 aliphatic heterocycles. The van der Waals surface area contributed by atoms with Crippen molar-refractivity contribution in [2.75, 3.05) is 12.9 Å². The van der Waals surface area contributed by atoms with E-state index in [1.807, 2.05) is 28.8 Å². The molecule has 6 heteroatoms. The first-order chi connectivity index (χ1) is 15.0. The fraction of sp³-hybridized carbons (Fsp3) is 0.160. The van der Waals surface area contributed by atoms with Crippen molar-refractivity contribution in [3.63, 3.8) is 0 Å². The highest BCUT2D eigenvalue weighted by Crippen LogP contribution is 2.29. The molecule has 0 bridgehead atoms. The maximum Gasteiger partial charge on any atom is 0.196 e. The molecule has 0 saturated carbocycles. The first kappa shape index (κ1) is 20.9. The summed E-state index contributed by atoms with van der Waals surface area (Å²) in [5.74, 6) is 1.78. The van der Waals surface area contributed by atoms with Crippen LogP contribution in [0, 0.1) is 13.8 Å². The highest BCUT2D eigenvalue weighted by atomic mass is 32.2. The Bertz CT molecular complexity index is 1180. The normalized spacial score (nSPS) is 10.8. The fourth-order valence-corrected chi connectivity index (χ4v) is 4.02. The second-order valence-corrected chi connectivity index (χ2v) is 8.23. The summed E-state index contributed by atoms with van der Waals surface area (Å²) in [6.45, 7) is 4.11. The van der Waals surface area contributed by atoms with Gasteiger partial charge in [-0.3, -0.25) is 9.36 Å². The Morgan fingerprint density at radius 2 is 1.48 bits per heavy atom. The minimum absolute atomic E-state index is 0.0306. The van der Waals surface area contributed by atoms with Crippen molar-refractivity contribution in [2.24, 2.45) is 0 Å². The molecule has 0 saturated heterocycles. The molecule has 0 radical (unpaired) electrons. The topological polar surface area (TPSA) is 57.0 Å². The predicted molar refractivity (Wildman–Crippen MR) is 124 cm³/mol. The Morgan fingerprint density at radius 1 is 0.871 bits per heavy atom. The third-order valence-electron chi connectivity index (χ3n) is 4.98.